The van der Waals surface area contributed by atoms with Crippen LogP contribution in [0, 0.1) is 5.82 Å². The Labute approximate surface area is 150 Å². The summed E-state index contributed by atoms with van der Waals surface area (Å²) in [5, 5.41) is 10.6. The third-order valence-electron chi connectivity index (χ3n) is 4.61. The van der Waals surface area contributed by atoms with Crippen LogP contribution in [0.25, 0.3) is 11.3 Å². The minimum absolute atomic E-state index is 0.00989. The normalized spacial score (nSPS) is 16.5. The molecule has 1 aliphatic rings. The molecule has 6 heteroatoms. The van der Waals surface area contributed by atoms with Crippen molar-refractivity contribution in [3.63, 3.8) is 0 Å². The van der Waals surface area contributed by atoms with Gasteiger partial charge in [0.25, 0.3) is 5.91 Å². The van der Waals surface area contributed by atoms with Gasteiger partial charge in [-0.25, -0.2) is 4.39 Å². The lowest BCUT2D eigenvalue weighted by Gasteiger charge is -2.40. The van der Waals surface area contributed by atoms with Crippen molar-refractivity contribution >= 4 is 11.6 Å². The summed E-state index contributed by atoms with van der Waals surface area (Å²) in [4.78, 5) is 14.9. The Hall–Kier alpha value is -3.15. The van der Waals surface area contributed by atoms with Gasteiger partial charge in [-0.2, -0.15) is 5.10 Å². The lowest BCUT2D eigenvalue weighted by Crippen LogP contribution is -2.46. The van der Waals surface area contributed by atoms with Gasteiger partial charge in [0, 0.05) is 22.9 Å². The van der Waals surface area contributed by atoms with Crippen LogP contribution in [0.1, 0.15) is 35.9 Å². The van der Waals surface area contributed by atoms with Crippen LogP contribution in [0.5, 0.6) is 0 Å². The van der Waals surface area contributed by atoms with Crippen molar-refractivity contribution in [3.05, 3.63) is 71.7 Å². The molecule has 3 aromatic rings. The second-order valence-corrected chi connectivity index (χ2v) is 6.61. The Morgan fingerprint density at radius 3 is 2.58 bits per heavy atom. The average molecular weight is 350 g/mol. The molecule has 0 spiro atoms. The summed E-state index contributed by atoms with van der Waals surface area (Å²) in [5.41, 5.74) is 3.87. The number of halogens is 1. The molecule has 0 fully saturated rings. The number of nitrogens with one attached hydrogen (secondary N) is 2. The van der Waals surface area contributed by atoms with E-state index in [1.165, 1.54) is 12.1 Å². The molecule has 26 heavy (non-hydrogen) atoms. The van der Waals surface area contributed by atoms with E-state index in [1.54, 1.807) is 23.2 Å². The molecule has 2 N–H and O–H groups in total. The quantitative estimate of drug-likeness (QED) is 0.744. The summed E-state index contributed by atoms with van der Waals surface area (Å²) in [6.07, 6.45) is 1.35. The summed E-state index contributed by atoms with van der Waals surface area (Å²) in [5.74, 6) is -0.316. The number of rotatable bonds is 3. The molecule has 1 aromatic heterocycles. The number of fused-ring (bicyclic) bond motifs is 1. The van der Waals surface area contributed by atoms with Crippen LogP contribution in [-0.4, -0.2) is 27.0 Å². The van der Waals surface area contributed by atoms with Gasteiger partial charge in [0.2, 0.25) is 0 Å². The van der Waals surface area contributed by atoms with E-state index in [2.05, 4.69) is 15.5 Å². The molecule has 0 saturated heterocycles. The molecule has 5 nitrogen and oxygen atoms in total. The molecule has 2 aromatic carbocycles. The van der Waals surface area contributed by atoms with Gasteiger partial charge in [-0.1, -0.05) is 12.1 Å². The molecule has 0 saturated carbocycles. The summed E-state index contributed by atoms with van der Waals surface area (Å²) in [7, 11) is 0. The van der Waals surface area contributed by atoms with Crippen LogP contribution in [0.2, 0.25) is 0 Å². The summed E-state index contributed by atoms with van der Waals surface area (Å²) in [6, 6.07) is 13.7. The number of amides is 1. The third kappa shape index (κ3) is 2.63. The number of benzene rings is 2. The van der Waals surface area contributed by atoms with Crippen molar-refractivity contribution < 1.29 is 9.18 Å². The predicted octanol–water partition coefficient (Wildman–Crippen LogP) is 4.19. The standard InChI is InChI=1S/C20H19FN4O/c1-12(2)25-19(23-17-6-4-3-5-15(17)20(25)26)16-11-22-24-18(16)13-7-9-14(21)10-8-13/h3-12,19,23H,1-2H3,(H,22,24)/t19-/m0/s1. The van der Waals surface area contributed by atoms with E-state index in [1.807, 2.05) is 38.1 Å². The number of H-pyrrole nitrogens is 1. The van der Waals surface area contributed by atoms with Gasteiger partial charge >= 0.3 is 0 Å². The second kappa shape index (κ2) is 6.29. The zero-order chi connectivity index (χ0) is 18.3. The maximum Gasteiger partial charge on any atom is 0.258 e. The summed E-state index contributed by atoms with van der Waals surface area (Å²) in [6.45, 7) is 3.97. The molecular weight excluding hydrogens is 331 g/mol. The highest BCUT2D eigenvalue weighted by Crippen LogP contribution is 2.37. The maximum absolute atomic E-state index is 13.3. The topological polar surface area (TPSA) is 61.0 Å². The van der Waals surface area contributed by atoms with Crippen LogP contribution in [-0.2, 0) is 0 Å². The molecular formula is C20H19FN4O. The van der Waals surface area contributed by atoms with Crippen molar-refractivity contribution in [3.8, 4) is 11.3 Å². The highest BCUT2D eigenvalue weighted by Gasteiger charge is 2.36. The molecule has 1 aliphatic heterocycles. The molecule has 0 bridgehead atoms. The van der Waals surface area contributed by atoms with Gasteiger partial charge in [-0.3, -0.25) is 9.89 Å². The van der Waals surface area contributed by atoms with Crippen LogP contribution >= 0.6 is 0 Å². The number of nitrogens with zero attached hydrogens (tertiary/aromatic N) is 2. The predicted molar refractivity (Wildman–Crippen MR) is 98.1 cm³/mol. The van der Waals surface area contributed by atoms with Gasteiger partial charge in [-0.15, -0.1) is 0 Å². The van der Waals surface area contributed by atoms with E-state index >= 15 is 0 Å². The fraction of sp³-hybridized carbons (Fsp3) is 0.200. The Balaban J connectivity index is 1.81. The molecule has 132 valence electrons. The maximum atomic E-state index is 13.3. The van der Waals surface area contributed by atoms with E-state index in [0.717, 1.165) is 22.5 Å². The van der Waals surface area contributed by atoms with Gasteiger partial charge < -0.3 is 10.2 Å². The van der Waals surface area contributed by atoms with E-state index in [4.69, 9.17) is 0 Å². The van der Waals surface area contributed by atoms with E-state index in [-0.39, 0.29) is 23.9 Å². The molecule has 0 unspecified atom stereocenters. The Bertz CT molecular complexity index is 948. The van der Waals surface area contributed by atoms with Crippen molar-refractivity contribution in [2.24, 2.45) is 0 Å². The number of hydrogen-bond donors (Lipinski definition) is 2. The molecule has 2 heterocycles. The first-order valence-electron chi connectivity index (χ1n) is 8.53. The number of carbonyl (C=O) groups is 1. The highest BCUT2D eigenvalue weighted by molar-refractivity contribution is 6.02. The number of carbonyl (C=O) groups excluding carboxylic acids is 1. The first kappa shape index (κ1) is 16.3. The fourth-order valence-corrected chi connectivity index (χ4v) is 3.38. The van der Waals surface area contributed by atoms with Crippen LogP contribution in [0.4, 0.5) is 10.1 Å². The third-order valence-corrected chi connectivity index (χ3v) is 4.61. The first-order valence-corrected chi connectivity index (χ1v) is 8.53. The molecule has 4 rings (SSSR count). The molecule has 1 atom stereocenters. The first-order chi connectivity index (χ1) is 12.6. The van der Waals surface area contributed by atoms with Crippen LogP contribution in [0.15, 0.2) is 54.7 Å². The molecule has 0 radical (unpaired) electrons. The SMILES string of the molecule is CC(C)N1C(=O)c2ccccc2N[C@@H]1c1cn[nH]c1-c1ccc(F)cc1. The van der Waals surface area contributed by atoms with E-state index < -0.39 is 0 Å². The zero-order valence-corrected chi connectivity index (χ0v) is 14.5. The van der Waals surface area contributed by atoms with Crippen LogP contribution in [0.3, 0.4) is 0 Å². The average Bonchev–Trinajstić information content (AvgIpc) is 3.11. The number of aromatic nitrogens is 2. The van der Waals surface area contributed by atoms with Crippen molar-refractivity contribution in [2.45, 2.75) is 26.1 Å². The molecule has 1 amide bonds. The Morgan fingerprint density at radius 1 is 1.12 bits per heavy atom. The number of anilines is 1. The monoisotopic (exact) mass is 350 g/mol. The molecule has 0 aliphatic carbocycles. The minimum Gasteiger partial charge on any atom is -0.361 e. The Kier molecular flexibility index (Phi) is 3.95. The number of hydrogen-bond acceptors (Lipinski definition) is 3. The van der Waals surface area contributed by atoms with Gasteiger partial charge in [0.1, 0.15) is 12.0 Å². The number of aromatic amines is 1. The minimum atomic E-state index is -0.365. The number of para-hydroxylation sites is 1. The second-order valence-electron chi connectivity index (χ2n) is 6.61. The van der Waals surface area contributed by atoms with E-state index in [9.17, 15) is 9.18 Å². The fourth-order valence-electron chi connectivity index (χ4n) is 3.38. The smallest absolute Gasteiger partial charge is 0.258 e. The van der Waals surface area contributed by atoms with Crippen molar-refractivity contribution in [2.75, 3.05) is 5.32 Å². The van der Waals surface area contributed by atoms with E-state index in [0.29, 0.717) is 5.56 Å². The largest absolute Gasteiger partial charge is 0.361 e. The summed E-state index contributed by atoms with van der Waals surface area (Å²) >= 11 is 0. The lowest BCUT2D eigenvalue weighted by molar-refractivity contribution is 0.0617. The van der Waals surface area contributed by atoms with Crippen LogP contribution < -0.4 is 5.32 Å². The van der Waals surface area contributed by atoms with Gasteiger partial charge in [-0.05, 0) is 50.2 Å². The van der Waals surface area contributed by atoms with Gasteiger partial charge in [0.15, 0.2) is 0 Å². The van der Waals surface area contributed by atoms with Crippen molar-refractivity contribution in [1.82, 2.24) is 15.1 Å². The highest BCUT2D eigenvalue weighted by atomic mass is 19.1. The Morgan fingerprint density at radius 2 is 1.85 bits per heavy atom. The lowest BCUT2D eigenvalue weighted by atomic mass is 10.00. The van der Waals surface area contributed by atoms with Gasteiger partial charge in [0.05, 0.1) is 17.5 Å². The summed E-state index contributed by atoms with van der Waals surface area (Å²) < 4.78 is 13.3. The van der Waals surface area contributed by atoms with Crippen molar-refractivity contribution in [1.29, 1.82) is 0 Å². The zero-order valence-electron chi connectivity index (χ0n) is 14.5.